The van der Waals surface area contributed by atoms with Crippen molar-refractivity contribution in [2.75, 3.05) is 13.2 Å². The first kappa shape index (κ1) is 20.2. The summed E-state index contributed by atoms with van der Waals surface area (Å²) in [5.74, 6) is -0.735. The first-order valence-corrected chi connectivity index (χ1v) is 9.18. The van der Waals surface area contributed by atoms with Crippen molar-refractivity contribution < 1.29 is 27.1 Å². The lowest BCUT2D eigenvalue weighted by Crippen LogP contribution is -2.26. The first-order chi connectivity index (χ1) is 13.4. The van der Waals surface area contributed by atoms with Gasteiger partial charge in [-0.2, -0.15) is 13.2 Å². The fraction of sp³-hybridized carbons (Fsp3) is 0.381. The van der Waals surface area contributed by atoms with Gasteiger partial charge in [-0.1, -0.05) is 18.2 Å². The Kier molecular flexibility index (Phi) is 6.21. The predicted octanol–water partition coefficient (Wildman–Crippen LogP) is 4.92. The standard InChI is InChI=1S/C21H21F4NO2/c22-14-7-9-15(10-8-14)28-12-4-3-11-26-20(27)18-13-17(18)16-5-1-2-6-19(16)21(23,24)25/h1-2,5-10,17-18H,3-4,11-13H2,(H,26,27). The van der Waals surface area contributed by atoms with Crippen LogP contribution < -0.4 is 10.1 Å². The number of rotatable bonds is 8. The number of alkyl halides is 3. The normalized spacial score (nSPS) is 18.6. The van der Waals surface area contributed by atoms with Crippen molar-refractivity contribution in [2.24, 2.45) is 5.92 Å². The molecule has 3 rings (SSSR count). The first-order valence-electron chi connectivity index (χ1n) is 9.18. The van der Waals surface area contributed by atoms with Crippen LogP contribution >= 0.6 is 0 Å². The van der Waals surface area contributed by atoms with Crippen LogP contribution in [0.4, 0.5) is 17.6 Å². The van der Waals surface area contributed by atoms with Crippen molar-refractivity contribution >= 4 is 5.91 Å². The Balaban J connectivity index is 1.37. The molecule has 0 spiro atoms. The number of carbonyl (C=O) groups is 1. The molecule has 0 heterocycles. The van der Waals surface area contributed by atoms with Crippen molar-refractivity contribution in [3.8, 4) is 5.75 Å². The molecule has 2 unspecified atom stereocenters. The molecule has 2 aromatic carbocycles. The Morgan fingerprint density at radius 1 is 1.07 bits per heavy atom. The van der Waals surface area contributed by atoms with Gasteiger partial charge in [0.25, 0.3) is 0 Å². The van der Waals surface area contributed by atoms with Crippen LogP contribution in [0.15, 0.2) is 48.5 Å². The van der Waals surface area contributed by atoms with E-state index in [4.69, 9.17) is 4.74 Å². The van der Waals surface area contributed by atoms with E-state index in [2.05, 4.69) is 5.32 Å². The summed E-state index contributed by atoms with van der Waals surface area (Å²) in [5, 5.41) is 2.78. The molecule has 0 radical (unpaired) electrons. The fourth-order valence-electron chi connectivity index (χ4n) is 3.20. The highest BCUT2D eigenvalue weighted by atomic mass is 19.4. The van der Waals surface area contributed by atoms with Crippen LogP contribution in [0.3, 0.4) is 0 Å². The van der Waals surface area contributed by atoms with E-state index in [-0.39, 0.29) is 23.2 Å². The van der Waals surface area contributed by atoms with Crippen LogP contribution in [-0.4, -0.2) is 19.1 Å². The molecule has 0 saturated heterocycles. The molecule has 1 amide bonds. The van der Waals surface area contributed by atoms with E-state index in [1.54, 1.807) is 18.2 Å². The molecule has 0 aliphatic heterocycles. The highest BCUT2D eigenvalue weighted by molar-refractivity contribution is 5.83. The maximum Gasteiger partial charge on any atom is 0.416 e. The van der Waals surface area contributed by atoms with Gasteiger partial charge in [0, 0.05) is 12.5 Å². The van der Waals surface area contributed by atoms with Gasteiger partial charge in [0.05, 0.1) is 12.2 Å². The molecule has 1 aliphatic rings. The van der Waals surface area contributed by atoms with Crippen molar-refractivity contribution in [3.63, 3.8) is 0 Å². The number of amides is 1. The largest absolute Gasteiger partial charge is 0.494 e. The summed E-state index contributed by atoms with van der Waals surface area (Å²) in [6.45, 7) is 0.877. The SMILES string of the molecule is O=C(NCCCCOc1ccc(F)cc1)C1CC1c1ccccc1C(F)(F)F. The molecular formula is C21H21F4NO2. The molecule has 1 saturated carbocycles. The number of hydrogen-bond donors (Lipinski definition) is 1. The zero-order valence-electron chi connectivity index (χ0n) is 15.1. The molecule has 7 heteroatoms. The lowest BCUT2D eigenvalue weighted by molar-refractivity contribution is -0.138. The summed E-state index contributed by atoms with van der Waals surface area (Å²) in [4.78, 5) is 12.2. The molecule has 0 aromatic heterocycles. The van der Waals surface area contributed by atoms with E-state index in [9.17, 15) is 22.4 Å². The Morgan fingerprint density at radius 2 is 1.79 bits per heavy atom. The minimum absolute atomic E-state index is 0.197. The number of nitrogens with one attached hydrogen (secondary N) is 1. The average molecular weight is 395 g/mol. The average Bonchev–Trinajstić information content (AvgIpc) is 3.46. The van der Waals surface area contributed by atoms with Gasteiger partial charge in [0.15, 0.2) is 0 Å². The third-order valence-corrected chi connectivity index (χ3v) is 4.75. The van der Waals surface area contributed by atoms with Gasteiger partial charge < -0.3 is 10.1 Å². The van der Waals surface area contributed by atoms with Crippen molar-refractivity contribution in [1.29, 1.82) is 0 Å². The summed E-state index contributed by atoms with van der Waals surface area (Å²) >= 11 is 0. The second kappa shape index (κ2) is 8.63. The second-order valence-electron chi connectivity index (χ2n) is 6.83. The van der Waals surface area contributed by atoms with Crippen LogP contribution in [0.2, 0.25) is 0 Å². The molecule has 28 heavy (non-hydrogen) atoms. The van der Waals surface area contributed by atoms with Crippen LogP contribution in [0.25, 0.3) is 0 Å². The molecule has 1 fully saturated rings. The van der Waals surface area contributed by atoms with Gasteiger partial charge in [0.1, 0.15) is 11.6 Å². The van der Waals surface area contributed by atoms with E-state index < -0.39 is 17.7 Å². The Hall–Kier alpha value is -2.57. The minimum atomic E-state index is -4.41. The van der Waals surface area contributed by atoms with E-state index in [0.717, 1.165) is 6.07 Å². The van der Waals surface area contributed by atoms with E-state index in [1.807, 2.05) is 0 Å². The lowest BCUT2D eigenvalue weighted by atomic mass is 10.0. The number of carbonyl (C=O) groups excluding carboxylic acids is 1. The Labute approximate surface area is 160 Å². The third kappa shape index (κ3) is 5.24. The van der Waals surface area contributed by atoms with Crippen LogP contribution in [0.1, 0.15) is 36.3 Å². The topological polar surface area (TPSA) is 38.3 Å². The Bertz CT molecular complexity index is 805. The van der Waals surface area contributed by atoms with Crippen LogP contribution in [0.5, 0.6) is 5.75 Å². The van der Waals surface area contributed by atoms with Crippen molar-refractivity contribution in [2.45, 2.75) is 31.4 Å². The smallest absolute Gasteiger partial charge is 0.416 e. The van der Waals surface area contributed by atoms with Gasteiger partial charge in [-0.25, -0.2) is 4.39 Å². The van der Waals surface area contributed by atoms with Gasteiger partial charge >= 0.3 is 6.18 Å². The van der Waals surface area contributed by atoms with E-state index in [1.165, 1.54) is 24.3 Å². The summed E-state index contributed by atoms with van der Waals surface area (Å²) in [6.07, 6.45) is -2.59. The van der Waals surface area contributed by atoms with Gasteiger partial charge in [0.2, 0.25) is 5.91 Å². The maximum atomic E-state index is 13.1. The second-order valence-corrected chi connectivity index (χ2v) is 6.83. The summed E-state index contributed by atoms with van der Waals surface area (Å²) in [5.41, 5.74) is -0.462. The molecule has 2 aromatic rings. The van der Waals surface area contributed by atoms with Crippen molar-refractivity contribution in [3.05, 3.63) is 65.5 Å². The maximum absolute atomic E-state index is 13.1. The molecule has 2 atom stereocenters. The lowest BCUT2D eigenvalue weighted by Gasteiger charge is -2.12. The highest BCUT2D eigenvalue weighted by Crippen LogP contribution is 2.51. The summed E-state index contributed by atoms with van der Waals surface area (Å²) in [7, 11) is 0. The summed E-state index contributed by atoms with van der Waals surface area (Å²) < 4.78 is 57.5. The van der Waals surface area contributed by atoms with Gasteiger partial charge in [-0.15, -0.1) is 0 Å². The van der Waals surface area contributed by atoms with E-state index in [0.29, 0.717) is 38.2 Å². The summed E-state index contributed by atoms with van der Waals surface area (Å²) in [6, 6.07) is 11.2. The number of hydrogen-bond acceptors (Lipinski definition) is 2. The molecular weight excluding hydrogens is 374 g/mol. The highest BCUT2D eigenvalue weighted by Gasteiger charge is 2.47. The van der Waals surface area contributed by atoms with Crippen LogP contribution in [-0.2, 0) is 11.0 Å². The Morgan fingerprint density at radius 3 is 2.50 bits per heavy atom. The molecule has 1 aliphatic carbocycles. The van der Waals surface area contributed by atoms with E-state index >= 15 is 0 Å². The van der Waals surface area contributed by atoms with Gasteiger partial charge in [-0.3, -0.25) is 4.79 Å². The molecule has 0 bridgehead atoms. The zero-order chi connectivity index (χ0) is 20.1. The third-order valence-electron chi connectivity index (χ3n) is 4.75. The number of halogens is 4. The van der Waals surface area contributed by atoms with Crippen molar-refractivity contribution in [1.82, 2.24) is 5.32 Å². The quantitative estimate of drug-likeness (QED) is 0.509. The van der Waals surface area contributed by atoms with Crippen LogP contribution in [0, 0.1) is 11.7 Å². The number of unbranched alkanes of at least 4 members (excludes halogenated alkanes) is 1. The number of ether oxygens (including phenoxy) is 1. The molecule has 1 N–H and O–H groups in total. The number of benzene rings is 2. The minimum Gasteiger partial charge on any atom is -0.494 e. The fourth-order valence-corrected chi connectivity index (χ4v) is 3.20. The molecule has 150 valence electrons. The molecule has 3 nitrogen and oxygen atoms in total. The predicted molar refractivity (Wildman–Crippen MR) is 96.4 cm³/mol. The monoisotopic (exact) mass is 395 g/mol. The zero-order valence-corrected chi connectivity index (χ0v) is 15.1. The van der Waals surface area contributed by atoms with Gasteiger partial charge in [-0.05, 0) is 61.1 Å².